The highest BCUT2D eigenvalue weighted by Crippen LogP contribution is 2.50. The molecule has 2 rings (SSSR count). The van der Waals surface area contributed by atoms with Gasteiger partial charge in [-0.05, 0) is 12.8 Å². The summed E-state index contributed by atoms with van der Waals surface area (Å²) in [4.78, 5) is 13.4. The Morgan fingerprint density at radius 2 is 2.27 bits per heavy atom. The fourth-order valence-corrected chi connectivity index (χ4v) is 1.83. The van der Waals surface area contributed by atoms with Crippen molar-refractivity contribution in [1.82, 2.24) is 4.90 Å². The summed E-state index contributed by atoms with van der Waals surface area (Å²) in [6.45, 7) is 2.30. The van der Waals surface area contributed by atoms with Crippen molar-refractivity contribution in [3.8, 4) is 0 Å². The molecule has 0 aromatic heterocycles. The number of likely N-dealkylation sites (tertiary alicyclic amines) is 1. The van der Waals surface area contributed by atoms with E-state index in [-0.39, 0.29) is 12.0 Å². The molecule has 62 valence electrons. The van der Waals surface area contributed by atoms with Gasteiger partial charge in [0.05, 0.1) is 13.2 Å². The van der Waals surface area contributed by atoms with E-state index in [0.29, 0.717) is 18.9 Å². The van der Waals surface area contributed by atoms with Crippen molar-refractivity contribution >= 4 is 5.78 Å². The second kappa shape index (κ2) is 2.29. The molecule has 3 heteroatoms. The molecule has 11 heavy (non-hydrogen) atoms. The maximum absolute atomic E-state index is 11.3. The highest BCUT2D eigenvalue weighted by Gasteiger charge is 2.54. The number of aliphatic hydroxyl groups excluding tert-OH is 1. The molecule has 0 atom stereocenters. The zero-order chi connectivity index (χ0) is 7.90. The number of nitrogens with zero attached hydrogens (tertiary/aromatic N) is 1. The molecule has 1 aliphatic heterocycles. The van der Waals surface area contributed by atoms with Gasteiger partial charge >= 0.3 is 0 Å². The van der Waals surface area contributed by atoms with Crippen LogP contribution in [0, 0.1) is 5.41 Å². The van der Waals surface area contributed by atoms with Crippen molar-refractivity contribution in [3.05, 3.63) is 0 Å². The minimum atomic E-state index is 0.0508. The first-order valence-corrected chi connectivity index (χ1v) is 4.13. The summed E-state index contributed by atoms with van der Waals surface area (Å²) < 4.78 is 0. The number of ketones is 1. The maximum atomic E-state index is 11.3. The second-order valence-electron chi connectivity index (χ2n) is 3.64. The molecule has 0 aromatic rings. The normalized spacial score (nSPS) is 28.3. The van der Waals surface area contributed by atoms with Gasteiger partial charge in [0.2, 0.25) is 0 Å². The molecule has 0 aromatic carbocycles. The van der Waals surface area contributed by atoms with E-state index in [1.807, 2.05) is 0 Å². The van der Waals surface area contributed by atoms with Crippen molar-refractivity contribution in [2.75, 3.05) is 26.2 Å². The lowest BCUT2D eigenvalue weighted by atomic mass is 10.1. The van der Waals surface area contributed by atoms with Crippen LogP contribution < -0.4 is 0 Å². The molecule has 1 aliphatic carbocycles. The lowest BCUT2D eigenvalue weighted by molar-refractivity contribution is -0.120. The van der Waals surface area contributed by atoms with Crippen LogP contribution in [0.15, 0.2) is 0 Å². The molecule has 1 N–H and O–H groups in total. The Morgan fingerprint density at radius 3 is 2.73 bits per heavy atom. The van der Waals surface area contributed by atoms with E-state index in [2.05, 4.69) is 4.90 Å². The van der Waals surface area contributed by atoms with Crippen LogP contribution in [0.2, 0.25) is 0 Å². The van der Waals surface area contributed by atoms with Gasteiger partial charge in [-0.3, -0.25) is 9.69 Å². The minimum absolute atomic E-state index is 0.0508. The van der Waals surface area contributed by atoms with Crippen LogP contribution >= 0.6 is 0 Å². The molecule has 0 unspecified atom stereocenters. The summed E-state index contributed by atoms with van der Waals surface area (Å²) in [5.74, 6) is 0.394. The zero-order valence-corrected chi connectivity index (χ0v) is 6.55. The van der Waals surface area contributed by atoms with Gasteiger partial charge in [-0.25, -0.2) is 0 Å². The van der Waals surface area contributed by atoms with E-state index < -0.39 is 0 Å². The smallest absolute Gasteiger partial charge is 0.154 e. The van der Waals surface area contributed by atoms with E-state index >= 15 is 0 Å². The molecular weight excluding hydrogens is 142 g/mol. The quantitative estimate of drug-likeness (QED) is 0.592. The summed E-state index contributed by atoms with van der Waals surface area (Å²) in [7, 11) is 0. The fraction of sp³-hybridized carbons (Fsp3) is 0.875. The van der Waals surface area contributed by atoms with E-state index in [1.54, 1.807) is 0 Å². The van der Waals surface area contributed by atoms with Gasteiger partial charge in [0.15, 0.2) is 5.78 Å². The van der Waals surface area contributed by atoms with Crippen LogP contribution in [-0.4, -0.2) is 42.0 Å². The first-order chi connectivity index (χ1) is 5.27. The minimum Gasteiger partial charge on any atom is -0.395 e. The van der Waals surface area contributed by atoms with Crippen LogP contribution in [0.3, 0.4) is 0 Å². The summed E-state index contributed by atoms with van der Waals surface area (Å²) in [5, 5.41) is 8.65. The molecule has 1 saturated carbocycles. The zero-order valence-electron chi connectivity index (χ0n) is 6.55. The molecule has 2 fully saturated rings. The third-order valence-corrected chi connectivity index (χ3v) is 2.75. The molecule has 1 heterocycles. The third kappa shape index (κ3) is 1.08. The highest BCUT2D eigenvalue weighted by molar-refractivity contribution is 5.91. The van der Waals surface area contributed by atoms with E-state index in [0.717, 1.165) is 19.4 Å². The number of β-amino-alcohol motifs (C(OH)–C–C–N with tert-alkyl or cyclic N) is 1. The van der Waals surface area contributed by atoms with Gasteiger partial charge in [0, 0.05) is 18.5 Å². The number of carbonyl (C=O) groups is 1. The van der Waals surface area contributed by atoms with Gasteiger partial charge < -0.3 is 5.11 Å². The van der Waals surface area contributed by atoms with Crippen molar-refractivity contribution < 1.29 is 9.90 Å². The standard InChI is InChI=1S/C8H13NO2/c10-4-3-9-5-7(11)8(6-9)1-2-8/h10H,1-6H2. The van der Waals surface area contributed by atoms with E-state index in [9.17, 15) is 4.79 Å². The van der Waals surface area contributed by atoms with Crippen molar-refractivity contribution in [2.45, 2.75) is 12.8 Å². The first-order valence-electron chi connectivity index (χ1n) is 4.13. The summed E-state index contributed by atoms with van der Waals surface area (Å²) >= 11 is 0. The largest absolute Gasteiger partial charge is 0.395 e. The lowest BCUT2D eigenvalue weighted by Crippen LogP contribution is -2.24. The van der Waals surface area contributed by atoms with Gasteiger partial charge in [-0.2, -0.15) is 0 Å². The second-order valence-corrected chi connectivity index (χ2v) is 3.64. The van der Waals surface area contributed by atoms with Gasteiger partial charge in [0.25, 0.3) is 0 Å². The number of hydrogen-bond donors (Lipinski definition) is 1. The van der Waals surface area contributed by atoms with Crippen molar-refractivity contribution in [3.63, 3.8) is 0 Å². The summed E-state index contributed by atoms with van der Waals surface area (Å²) in [5.41, 5.74) is 0.0508. The Bertz CT molecular complexity index is 187. The lowest BCUT2D eigenvalue weighted by Gasteiger charge is -2.11. The molecule has 2 aliphatic rings. The van der Waals surface area contributed by atoms with Crippen molar-refractivity contribution in [2.24, 2.45) is 5.41 Å². The predicted molar refractivity (Wildman–Crippen MR) is 40.2 cm³/mol. The average Bonchev–Trinajstić information content (AvgIpc) is 2.63. The Kier molecular flexibility index (Phi) is 1.51. The topological polar surface area (TPSA) is 40.5 Å². The summed E-state index contributed by atoms with van der Waals surface area (Å²) in [6.07, 6.45) is 2.15. The Morgan fingerprint density at radius 1 is 1.55 bits per heavy atom. The molecule has 0 radical (unpaired) electrons. The molecule has 1 saturated heterocycles. The number of Topliss-reactive ketones (excluding diaryl/α,β-unsaturated/α-hetero) is 1. The molecule has 0 bridgehead atoms. The Hall–Kier alpha value is -0.410. The third-order valence-electron chi connectivity index (χ3n) is 2.75. The van der Waals surface area contributed by atoms with Crippen LogP contribution in [0.4, 0.5) is 0 Å². The monoisotopic (exact) mass is 155 g/mol. The van der Waals surface area contributed by atoms with Crippen LogP contribution in [0.1, 0.15) is 12.8 Å². The maximum Gasteiger partial charge on any atom is 0.154 e. The van der Waals surface area contributed by atoms with Gasteiger partial charge in [0.1, 0.15) is 0 Å². The fourth-order valence-electron chi connectivity index (χ4n) is 1.83. The van der Waals surface area contributed by atoms with Crippen LogP contribution in [0.25, 0.3) is 0 Å². The average molecular weight is 155 g/mol. The van der Waals surface area contributed by atoms with Gasteiger partial charge in [-0.1, -0.05) is 0 Å². The number of aliphatic hydroxyl groups is 1. The van der Waals surface area contributed by atoms with Crippen LogP contribution in [-0.2, 0) is 4.79 Å². The van der Waals surface area contributed by atoms with E-state index in [1.165, 1.54) is 0 Å². The highest BCUT2D eigenvalue weighted by atomic mass is 16.3. The number of carbonyl (C=O) groups excluding carboxylic acids is 1. The molecule has 1 spiro atoms. The van der Waals surface area contributed by atoms with E-state index in [4.69, 9.17) is 5.11 Å². The molecule has 0 amide bonds. The molecular formula is C8H13NO2. The summed E-state index contributed by atoms with van der Waals surface area (Å²) in [6, 6.07) is 0. The van der Waals surface area contributed by atoms with Crippen LogP contribution in [0.5, 0.6) is 0 Å². The van der Waals surface area contributed by atoms with Crippen molar-refractivity contribution in [1.29, 1.82) is 0 Å². The SMILES string of the molecule is O=C1CN(CCO)CC12CC2. The predicted octanol–water partition coefficient (Wildman–Crippen LogP) is -0.356. The molecule has 3 nitrogen and oxygen atoms in total. The van der Waals surface area contributed by atoms with Gasteiger partial charge in [-0.15, -0.1) is 0 Å². The number of hydrogen-bond acceptors (Lipinski definition) is 3. The number of rotatable bonds is 2. The Balaban J connectivity index is 1.96. The first kappa shape index (κ1) is 7.25. The Labute approximate surface area is 66.0 Å².